The largest absolute Gasteiger partial charge is 0.370 e. The van der Waals surface area contributed by atoms with E-state index in [1.165, 1.54) is 27.2 Å². The van der Waals surface area contributed by atoms with E-state index in [1.807, 2.05) is 0 Å². The van der Waals surface area contributed by atoms with Crippen molar-refractivity contribution in [2.24, 2.45) is 5.92 Å². The number of hydrogen-bond donors (Lipinski definition) is 1. The molecule has 1 aromatic heterocycles. The van der Waals surface area contributed by atoms with Gasteiger partial charge in [-0.1, -0.05) is 24.3 Å². The molecule has 2 aliphatic heterocycles. The second-order valence-corrected chi connectivity index (χ2v) is 8.56. The zero-order valence-corrected chi connectivity index (χ0v) is 17.3. The lowest BCUT2D eigenvalue weighted by Gasteiger charge is -2.28. The Morgan fingerprint density at radius 2 is 1.93 bits per heavy atom. The lowest BCUT2D eigenvalue weighted by Crippen LogP contribution is -3.14. The lowest BCUT2D eigenvalue weighted by atomic mass is 9.88. The van der Waals surface area contributed by atoms with Crippen LogP contribution in [0.25, 0.3) is 0 Å². The van der Waals surface area contributed by atoms with Gasteiger partial charge in [-0.2, -0.15) is 0 Å². The van der Waals surface area contributed by atoms with Gasteiger partial charge < -0.3 is 14.5 Å². The van der Waals surface area contributed by atoms with E-state index in [1.54, 1.807) is 35.7 Å². The zero-order chi connectivity index (χ0) is 21.1. The van der Waals surface area contributed by atoms with Gasteiger partial charge in [0.2, 0.25) is 5.78 Å². The minimum Gasteiger partial charge on any atom is -0.370 e. The Morgan fingerprint density at radius 1 is 1.17 bits per heavy atom. The number of quaternary nitrogens is 1. The van der Waals surface area contributed by atoms with Gasteiger partial charge in [0.05, 0.1) is 30.7 Å². The minimum atomic E-state index is -1.22. The summed E-state index contributed by atoms with van der Waals surface area (Å²) in [6.45, 7) is 4.38. The van der Waals surface area contributed by atoms with Gasteiger partial charge in [0.15, 0.2) is 5.78 Å². The number of Topliss-reactive ketones (excluding diaryl/α,β-unsaturated/α-hetero) is 2. The molecule has 30 heavy (non-hydrogen) atoms. The molecular weight excluding hydrogens is 407 g/mol. The number of amides is 1. The molecule has 0 spiro atoms. The number of hydrogen-bond acceptors (Lipinski definition) is 5. The van der Waals surface area contributed by atoms with E-state index in [4.69, 9.17) is 4.74 Å². The quantitative estimate of drug-likeness (QED) is 0.406. The lowest BCUT2D eigenvalue weighted by molar-refractivity contribution is -0.908. The van der Waals surface area contributed by atoms with Crippen LogP contribution in [0.2, 0.25) is 0 Å². The fraction of sp³-hybridized carbons (Fsp3) is 0.409. The first kappa shape index (κ1) is 20.8. The van der Waals surface area contributed by atoms with E-state index >= 15 is 0 Å². The summed E-state index contributed by atoms with van der Waals surface area (Å²) >= 11 is 1.22. The molecule has 2 saturated heterocycles. The highest BCUT2D eigenvalue weighted by Gasteiger charge is 2.52. The second kappa shape index (κ2) is 9.16. The van der Waals surface area contributed by atoms with Gasteiger partial charge in [0.25, 0.3) is 5.91 Å². The number of halogens is 1. The molecule has 2 aliphatic rings. The Morgan fingerprint density at radius 3 is 2.63 bits per heavy atom. The predicted molar refractivity (Wildman–Crippen MR) is 109 cm³/mol. The fourth-order valence-corrected chi connectivity index (χ4v) is 4.98. The van der Waals surface area contributed by atoms with Crippen LogP contribution in [0.15, 0.2) is 41.8 Å². The molecule has 0 bridgehead atoms. The van der Waals surface area contributed by atoms with Gasteiger partial charge in [-0.3, -0.25) is 14.4 Å². The van der Waals surface area contributed by atoms with Crippen LogP contribution in [0.5, 0.6) is 0 Å². The topological polar surface area (TPSA) is 68.1 Å². The molecule has 4 rings (SSSR count). The van der Waals surface area contributed by atoms with E-state index in [0.717, 1.165) is 19.6 Å². The maximum absolute atomic E-state index is 14.7. The van der Waals surface area contributed by atoms with Crippen LogP contribution in [-0.2, 0) is 14.3 Å². The maximum Gasteiger partial charge on any atom is 0.291 e. The van der Waals surface area contributed by atoms with Gasteiger partial charge >= 0.3 is 0 Å². The predicted octanol–water partition coefficient (Wildman–Crippen LogP) is 1.14. The molecule has 3 heterocycles. The van der Waals surface area contributed by atoms with E-state index in [9.17, 15) is 18.8 Å². The van der Waals surface area contributed by atoms with Crippen LogP contribution in [0.1, 0.15) is 27.7 Å². The van der Waals surface area contributed by atoms with Gasteiger partial charge in [0.1, 0.15) is 24.8 Å². The summed E-state index contributed by atoms with van der Waals surface area (Å²) in [7, 11) is 0. The Kier molecular flexibility index (Phi) is 6.36. The highest BCUT2D eigenvalue weighted by atomic mass is 32.1. The van der Waals surface area contributed by atoms with Crippen LogP contribution in [0.4, 0.5) is 4.39 Å². The molecule has 0 radical (unpaired) electrons. The third-order valence-corrected chi connectivity index (χ3v) is 6.69. The molecule has 2 unspecified atom stereocenters. The van der Waals surface area contributed by atoms with Crippen molar-refractivity contribution < 1.29 is 28.4 Å². The van der Waals surface area contributed by atoms with Crippen molar-refractivity contribution in [2.75, 3.05) is 39.4 Å². The zero-order valence-electron chi connectivity index (χ0n) is 16.5. The van der Waals surface area contributed by atoms with Gasteiger partial charge in [-0.25, -0.2) is 4.39 Å². The first-order valence-corrected chi connectivity index (χ1v) is 11.0. The molecule has 1 aromatic carbocycles. The molecule has 1 N–H and O–H groups in total. The highest BCUT2D eigenvalue weighted by molar-refractivity contribution is 7.12. The Bertz CT molecular complexity index is 927. The Labute approximate surface area is 178 Å². The van der Waals surface area contributed by atoms with Crippen molar-refractivity contribution in [3.05, 3.63) is 58.0 Å². The molecular formula is C22H24FN2O4S+. The third-order valence-electron chi connectivity index (χ3n) is 5.81. The van der Waals surface area contributed by atoms with Crippen LogP contribution >= 0.6 is 11.3 Å². The molecule has 1 amide bonds. The van der Waals surface area contributed by atoms with Crippen LogP contribution in [0, 0.1) is 11.7 Å². The Hall–Kier alpha value is -2.42. The number of carbonyl (C=O) groups excluding carboxylic acids is 3. The van der Waals surface area contributed by atoms with Crippen LogP contribution in [0.3, 0.4) is 0 Å². The summed E-state index contributed by atoms with van der Waals surface area (Å²) in [6, 6.07) is 8.51. The number of morpholine rings is 1. The van der Waals surface area contributed by atoms with E-state index < -0.39 is 35.3 Å². The first-order chi connectivity index (χ1) is 14.6. The van der Waals surface area contributed by atoms with Gasteiger partial charge in [-0.05, 0) is 17.5 Å². The van der Waals surface area contributed by atoms with Crippen molar-refractivity contribution in [1.82, 2.24) is 4.90 Å². The van der Waals surface area contributed by atoms with E-state index in [-0.39, 0.29) is 5.56 Å². The summed E-state index contributed by atoms with van der Waals surface area (Å²) in [5.74, 6) is -3.60. The van der Waals surface area contributed by atoms with Crippen molar-refractivity contribution in [2.45, 2.75) is 12.5 Å². The number of benzene rings is 1. The molecule has 0 aliphatic carbocycles. The molecule has 2 aromatic rings. The standard InChI is InChI=1S/C22H23FN2O4S/c23-16-6-2-1-5-15(16)19-18(20(26)17-7-3-14-30-17)21(27)22(28)25(19)9-4-8-24-10-12-29-13-11-24/h1-3,5-7,14,18-19H,4,8-13H2/p+1. The number of ether oxygens (including phenoxy) is 1. The normalized spacial score (nSPS) is 22.6. The number of ketones is 2. The minimum absolute atomic E-state index is 0.213. The van der Waals surface area contributed by atoms with Crippen LogP contribution in [-0.4, -0.2) is 61.8 Å². The summed E-state index contributed by atoms with van der Waals surface area (Å²) in [5, 5.41) is 1.75. The molecule has 158 valence electrons. The number of carbonyl (C=O) groups is 3. The number of rotatable bonds is 7. The summed E-state index contributed by atoms with van der Waals surface area (Å²) in [4.78, 5) is 42.0. The van der Waals surface area contributed by atoms with Crippen LogP contribution < -0.4 is 4.90 Å². The van der Waals surface area contributed by atoms with Crippen molar-refractivity contribution in [3.8, 4) is 0 Å². The van der Waals surface area contributed by atoms with Gasteiger partial charge in [0, 0.05) is 18.5 Å². The number of thiophene rings is 1. The second-order valence-electron chi connectivity index (χ2n) is 7.61. The smallest absolute Gasteiger partial charge is 0.291 e. The number of nitrogens with one attached hydrogen (secondary N) is 1. The molecule has 6 nitrogen and oxygen atoms in total. The average Bonchev–Trinajstić information content (AvgIpc) is 3.38. The fourth-order valence-electron chi connectivity index (χ4n) is 4.27. The number of nitrogens with zero attached hydrogens (tertiary/aromatic N) is 1. The number of likely N-dealkylation sites (tertiary alicyclic amines) is 1. The molecule has 0 saturated carbocycles. The first-order valence-electron chi connectivity index (χ1n) is 10.2. The Balaban J connectivity index is 1.60. The molecule has 2 fully saturated rings. The summed E-state index contributed by atoms with van der Waals surface area (Å²) < 4.78 is 20.1. The maximum atomic E-state index is 14.7. The third kappa shape index (κ3) is 4.08. The molecule has 8 heteroatoms. The SMILES string of the molecule is O=C1C(=O)N(CCC[NH+]2CCOCC2)C(c2ccccc2F)C1C(=O)c1cccs1. The van der Waals surface area contributed by atoms with Gasteiger partial charge in [-0.15, -0.1) is 11.3 Å². The average molecular weight is 432 g/mol. The summed E-state index contributed by atoms with van der Waals surface area (Å²) in [6.07, 6.45) is 0.666. The van der Waals surface area contributed by atoms with E-state index in [0.29, 0.717) is 31.1 Å². The monoisotopic (exact) mass is 431 g/mol. The highest BCUT2D eigenvalue weighted by Crippen LogP contribution is 2.39. The van der Waals surface area contributed by atoms with E-state index in [2.05, 4.69) is 0 Å². The van der Waals surface area contributed by atoms with Crippen molar-refractivity contribution >= 4 is 28.8 Å². The molecule has 2 atom stereocenters. The van der Waals surface area contributed by atoms with Crippen molar-refractivity contribution in [1.29, 1.82) is 0 Å². The van der Waals surface area contributed by atoms with Crippen molar-refractivity contribution in [3.63, 3.8) is 0 Å². The summed E-state index contributed by atoms with van der Waals surface area (Å²) in [5.41, 5.74) is 0.213.